The molecule has 0 spiro atoms. The van der Waals surface area contributed by atoms with Crippen LogP contribution in [-0.2, 0) is 11.3 Å². The average Bonchev–Trinajstić information content (AvgIpc) is 2.94. The van der Waals surface area contributed by atoms with Gasteiger partial charge >= 0.3 is 0 Å². The van der Waals surface area contributed by atoms with Crippen LogP contribution < -0.4 is 11.3 Å². The number of nitrogens with zero attached hydrogens (tertiary/aromatic N) is 3. The summed E-state index contributed by atoms with van der Waals surface area (Å²) in [7, 11) is 0. The van der Waals surface area contributed by atoms with Crippen LogP contribution in [0.15, 0.2) is 33.8 Å². The highest BCUT2D eigenvalue weighted by atomic mass is 79.9. The second-order valence-electron chi connectivity index (χ2n) is 6.42. The highest BCUT2D eigenvalue weighted by Crippen LogP contribution is 2.28. The van der Waals surface area contributed by atoms with Gasteiger partial charge in [-0.3, -0.25) is 14.2 Å². The van der Waals surface area contributed by atoms with Crippen molar-refractivity contribution in [2.45, 2.75) is 19.9 Å². The fourth-order valence-electron chi connectivity index (χ4n) is 2.89. The number of halogens is 1. The van der Waals surface area contributed by atoms with Gasteiger partial charge in [-0.25, -0.2) is 4.98 Å². The molecule has 1 fully saturated rings. The normalized spacial score (nSPS) is 21.1. The van der Waals surface area contributed by atoms with E-state index in [9.17, 15) is 9.59 Å². The smallest absolute Gasteiger partial charge is 0.261 e. The zero-order valence-electron chi connectivity index (χ0n) is 13.0. The van der Waals surface area contributed by atoms with Crippen LogP contribution in [0.3, 0.4) is 0 Å². The van der Waals surface area contributed by atoms with Crippen LogP contribution in [0, 0.1) is 5.41 Å². The maximum Gasteiger partial charge on any atom is 0.261 e. The predicted octanol–water partition coefficient (Wildman–Crippen LogP) is 1.36. The lowest BCUT2D eigenvalue weighted by Gasteiger charge is -2.22. The molecule has 1 saturated heterocycles. The van der Waals surface area contributed by atoms with Crippen molar-refractivity contribution in [2.24, 2.45) is 11.1 Å². The first-order valence-corrected chi connectivity index (χ1v) is 8.34. The summed E-state index contributed by atoms with van der Waals surface area (Å²) in [5.41, 5.74) is 6.18. The van der Waals surface area contributed by atoms with Gasteiger partial charge in [0.2, 0.25) is 5.91 Å². The van der Waals surface area contributed by atoms with Crippen molar-refractivity contribution >= 4 is 32.7 Å². The molecule has 1 amide bonds. The van der Waals surface area contributed by atoms with Crippen molar-refractivity contribution in [2.75, 3.05) is 19.6 Å². The molecule has 1 aliphatic rings. The Kier molecular flexibility index (Phi) is 4.25. The van der Waals surface area contributed by atoms with Gasteiger partial charge in [0.1, 0.15) is 6.54 Å². The Bertz CT molecular complexity index is 819. The van der Waals surface area contributed by atoms with Crippen molar-refractivity contribution in [3.63, 3.8) is 0 Å². The monoisotopic (exact) mass is 378 g/mol. The fourth-order valence-corrected chi connectivity index (χ4v) is 3.25. The van der Waals surface area contributed by atoms with Gasteiger partial charge < -0.3 is 10.6 Å². The zero-order chi connectivity index (χ0) is 16.6. The number of aromatic nitrogens is 2. The summed E-state index contributed by atoms with van der Waals surface area (Å²) in [6, 6.07) is 5.34. The Morgan fingerprint density at radius 2 is 2.26 bits per heavy atom. The van der Waals surface area contributed by atoms with Crippen LogP contribution in [0.25, 0.3) is 10.9 Å². The molecule has 2 aromatic rings. The Morgan fingerprint density at radius 3 is 2.96 bits per heavy atom. The summed E-state index contributed by atoms with van der Waals surface area (Å²) < 4.78 is 2.18. The zero-order valence-corrected chi connectivity index (χ0v) is 14.5. The SMILES string of the molecule is CC1(CN)CCN(C(=O)Cn2cnc3ccc(Br)cc3c2=O)C1. The molecule has 1 aromatic heterocycles. The Hall–Kier alpha value is -1.73. The number of hydrogen-bond donors (Lipinski definition) is 1. The van der Waals surface area contributed by atoms with E-state index in [4.69, 9.17) is 5.73 Å². The van der Waals surface area contributed by atoms with E-state index >= 15 is 0 Å². The van der Waals surface area contributed by atoms with Crippen LogP contribution >= 0.6 is 15.9 Å². The topological polar surface area (TPSA) is 81.2 Å². The number of carbonyl (C=O) groups is 1. The quantitative estimate of drug-likeness (QED) is 0.873. The third kappa shape index (κ3) is 3.16. The average molecular weight is 379 g/mol. The fraction of sp³-hybridized carbons (Fsp3) is 0.438. The molecule has 2 N–H and O–H groups in total. The third-order valence-electron chi connectivity index (χ3n) is 4.50. The van der Waals surface area contributed by atoms with E-state index in [2.05, 4.69) is 27.8 Å². The highest BCUT2D eigenvalue weighted by Gasteiger charge is 2.34. The van der Waals surface area contributed by atoms with Crippen LogP contribution in [0.5, 0.6) is 0 Å². The number of rotatable bonds is 3. The molecule has 0 saturated carbocycles. The van der Waals surface area contributed by atoms with E-state index in [0.29, 0.717) is 30.5 Å². The van der Waals surface area contributed by atoms with E-state index < -0.39 is 0 Å². The summed E-state index contributed by atoms with van der Waals surface area (Å²) in [6.07, 6.45) is 2.34. The first-order valence-electron chi connectivity index (χ1n) is 7.54. The first kappa shape index (κ1) is 16.1. The molecule has 2 heterocycles. The van der Waals surface area contributed by atoms with Gasteiger partial charge in [0.25, 0.3) is 5.56 Å². The molecule has 3 rings (SSSR count). The molecule has 122 valence electrons. The van der Waals surface area contributed by atoms with Gasteiger partial charge in [0.05, 0.1) is 17.2 Å². The van der Waals surface area contributed by atoms with Crippen molar-refractivity contribution in [3.8, 4) is 0 Å². The summed E-state index contributed by atoms with van der Waals surface area (Å²) in [4.78, 5) is 31.0. The van der Waals surface area contributed by atoms with E-state index in [1.807, 2.05) is 6.07 Å². The molecular formula is C16H19BrN4O2. The standard InChI is InChI=1S/C16H19BrN4O2/c1-16(8-18)4-5-20(9-16)14(22)7-21-10-19-13-3-2-11(17)6-12(13)15(21)23/h2-3,6,10H,4-5,7-9,18H2,1H3. The minimum atomic E-state index is -0.203. The first-order chi connectivity index (χ1) is 10.9. The summed E-state index contributed by atoms with van der Waals surface area (Å²) in [5.74, 6) is -0.0691. The number of fused-ring (bicyclic) bond motifs is 1. The number of likely N-dealkylation sites (tertiary alicyclic amines) is 1. The minimum absolute atomic E-state index is 0.00887. The second kappa shape index (κ2) is 6.05. The van der Waals surface area contributed by atoms with Gasteiger partial charge in [-0.2, -0.15) is 0 Å². The summed E-state index contributed by atoms with van der Waals surface area (Å²) >= 11 is 3.35. The lowest BCUT2D eigenvalue weighted by atomic mass is 9.90. The van der Waals surface area contributed by atoms with Crippen molar-refractivity contribution < 1.29 is 4.79 Å². The number of hydrogen-bond acceptors (Lipinski definition) is 4. The maximum absolute atomic E-state index is 12.5. The molecule has 0 bridgehead atoms. The highest BCUT2D eigenvalue weighted by molar-refractivity contribution is 9.10. The number of nitrogens with two attached hydrogens (primary N) is 1. The van der Waals surface area contributed by atoms with Crippen LogP contribution in [-0.4, -0.2) is 40.0 Å². The Labute approximate surface area is 142 Å². The second-order valence-corrected chi connectivity index (χ2v) is 7.33. The predicted molar refractivity (Wildman–Crippen MR) is 92.1 cm³/mol. The summed E-state index contributed by atoms with van der Waals surface area (Å²) in [6.45, 7) is 3.98. The molecule has 1 unspecified atom stereocenters. The molecule has 1 atom stereocenters. The van der Waals surface area contributed by atoms with Crippen LogP contribution in [0.1, 0.15) is 13.3 Å². The Balaban J connectivity index is 1.83. The lowest BCUT2D eigenvalue weighted by molar-refractivity contribution is -0.131. The van der Waals surface area contributed by atoms with E-state index in [1.54, 1.807) is 17.0 Å². The molecule has 1 aliphatic heterocycles. The molecule has 6 nitrogen and oxygen atoms in total. The number of benzene rings is 1. The largest absolute Gasteiger partial charge is 0.341 e. The van der Waals surface area contributed by atoms with Crippen molar-refractivity contribution in [1.82, 2.24) is 14.5 Å². The van der Waals surface area contributed by atoms with Gasteiger partial charge in [-0.05, 0) is 36.6 Å². The Morgan fingerprint density at radius 1 is 1.48 bits per heavy atom. The van der Waals surface area contributed by atoms with Gasteiger partial charge in [-0.15, -0.1) is 0 Å². The lowest BCUT2D eigenvalue weighted by Crippen LogP contribution is -2.38. The molecular weight excluding hydrogens is 360 g/mol. The molecule has 23 heavy (non-hydrogen) atoms. The van der Waals surface area contributed by atoms with Crippen LogP contribution in [0.4, 0.5) is 0 Å². The number of amides is 1. The van der Waals surface area contributed by atoms with Gasteiger partial charge in [0.15, 0.2) is 0 Å². The summed E-state index contributed by atoms with van der Waals surface area (Å²) in [5, 5.41) is 0.503. The van der Waals surface area contributed by atoms with Crippen molar-refractivity contribution in [1.29, 1.82) is 0 Å². The van der Waals surface area contributed by atoms with Gasteiger partial charge in [0, 0.05) is 17.6 Å². The van der Waals surface area contributed by atoms with E-state index in [-0.39, 0.29) is 23.4 Å². The van der Waals surface area contributed by atoms with Gasteiger partial charge in [-0.1, -0.05) is 22.9 Å². The molecule has 7 heteroatoms. The van der Waals surface area contributed by atoms with Crippen LogP contribution in [0.2, 0.25) is 0 Å². The van der Waals surface area contributed by atoms with E-state index in [0.717, 1.165) is 10.9 Å². The minimum Gasteiger partial charge on any atom is -0.341 e. The molecule has 0 aliphatic carbocycles. The maximum atomic E-state index is 12.5. The van der Waals surface area contributed by atoms with E-state index in [1.165, 1.54) is 10.9 Å². The van der Waals surface area contributed by atoms with Crippen molar-refractivity contribution in [3.05, 3.63) is 39.4 Å². The third-order valence-corrected chi connectivity index (χ3v) is 4.99. The number of carbonyl (C=O) groups excluding carboxylic acids is 1. The molecule has 0 radical (unpaired) electrons. The molecule has 1 aromatic carbocycles.